The molecule has 2 aromatic heterocycles. The molecular formula is C13H15N5O. The van der Waals surface area contributed by atoms with E-state index in [0.717, 1.165) is 24.2 Å². The highest BCUT2D eigenvalue weighted by Crippen LogP contribution is 2.40. The lowest BCUT2D eigenvalue weighted by Crippen LogP contribution is -2.06. The van der Waals surface area contributed by atoms with Crippen LogP contribution >= 0.6 is 0 Å². The van der Waals surface area contributed by atoms with E-state index in [4.69, 9.17) is 10.5 Å². The fourth-order valence-corrected chi connectivity index (χ4v) is 1.94. The smallest absolute Gasteiger partial charge is 0.241 e. The minimum atomic E-state index is 0.435. The molecule has 2 N–H and O–H groups in total. The number of anilines is 1. The first-order valence-corrected chi connectivity index (χ1v) is 6.20. The Balaban J connectivity index is 2.17. The fraction of sp³-hybridized carbons (Fsp3) is 0.385. The van der Waals surface area contributed by atoms with Crippen LogP contribution in [0.15, 0.2) is 12.4 Å². The van der Waals surface area contributed by atoms with Gasteiger partial charge in [0.15, 0.2) is 5.69 Å². The van der Waals surface area contributed by atoms with E-state index in [9.17, 15) is 0 Å². The van der Waals surface area contributed by atoms with Gasteiger partial charge in [0, 0.05) is 23.9 Å². The van der Waals surface area contributed by atoms with E-state index in [1.165, 1.54) is 0 Å². The molecule has 0 aliphatic heterocycles. The molecule has 2 heterocycles. The van der Waals surface area contributed by atoms with Gasteiger partial charge in [-0.1, -0.05) is 0 Å². The molecule has 6 heteroatoms. The van der Waals surface area contributed by atoms with Crippen molar-refractivity contribution in [3.8, 4) is 17.3 Å². The van der Waals surface area contributed by atoms with Crippen LogP contribution in [-0.4, -0.2) is 27.0 Å². The molecule has 0 aromatic carbocycles. The van der Waals surface area contributed by atoms with Crippen LogP contribution in [0.2, 0.25) is 0 Å². The van der Waals surface area contributed by atoms with Crippen molar-refractivity contribution in [3.63, 3.8) is 0 Å². The van der Waals surface area contributed by atoms with Crippen molar-refractivity contribution in [2.45, 2.75) is 25.7 Å². The molecule has 1 saturated carbocycles. The molecule has 2 aromatic rings. The number of rotatable bonds is 3. The standard InChI is InChI=1S/C13H15N5O/c1-7-9(10-13(19-2)16-6-5-15-10)17-12(8-3-4-8)18-11(7)14/h5-6,8H,3-4H2,1-2H3,(H2,14,17,18). The monoisotopic (exact) mass is 257 g/mol. The summed E-state index contributed by atoms with van der Waals surface area (Å²) in [6.07, 6.45) is 5.45. The molecule has 3 rings (SSSR count). The zero-order valence-electron chi connectivity index (χ0n) is 10.9. The van der Waals surface area contributed by atoms with Gasteiger partial charge in [-0.15, -0.1) is 0 Å². The average Bonchev–Trinajstić information content (AvgIpc) is 3.26. The first-order chi connectivity index (χ1) is 9.20. The predicted molar refractivity (Wildman–Crippen MR) is 70.7 cm³/mol. The third kappa shape index (κ3) is 2.09. The average molecular weight is 257 g/mol. The van der Waals surface area contributed by atoms with Gasteiger partial charge in [-0.05, 0) is 19.8 Å². The van der Waals surface area contributed by atoms with Crippen molar-refractivity contribution < 1.29 is 4.74 Å². The SMILES string of the molecule is COc1nccnc1-c1nc(C2CC2)nc(N)c1C. The van der Waals surface area contributed by atoms with Crippen LogP contribution < -0.4 is 10.5 Å². The Bertz CT molecular complexity index is 624. The van der Waals surface area contributed by atoms with E-state index in [2.05, 4.69) is 19.9 Å². The van der Waals surface area contributed by atoms with Gasteiger partial charge in [-0.2, -0.15) is 0 Å². The summed E-state index contributed by atoms with van der Waals surface area (Å²) in [6.45, 7) is 1.88. The summed E-state index contributed by atoms with van der Waals surface area (Å²) >= 11 is 0. The topological polar surface area (TPSA) is 86.8 Å². The first kappa shape index (κ1) is 11.8. The third-order valence-electron chi connectivity index (χ3n) is 3.23. The molecule has 1 aliphatic carbocycles. The fourth-order valence-electron chi connectivity index (χ4n) is 1.94. The molecule has 0 unspecified atom stereocenters. The molecule has 0 spiro atoms. The minimum absolute atomic E-state index is 0.435. The second-order valence-electron chi connectivity index (χ2n) is 4.63. The second-order valence-corrected chi connectivity index (χ2v) is 4.63. The van der Waals surface area contributed by atoms with Crippen molar-refractivity contribution in [2.24, 2.45) is 0 Å². The zero-order chi connectivity index (χ0) is 13.4. The summed E-state index contributed by atoms with van der Waals surface area (Å²) in [7, 11) is 1.56. The van der Waals surface area contributed by atoms with E-state index in [1.54, 1.807) is 19.5 Å². The molecule has 19 heavy (non-hydrogen) atoms. The number of hydrogen-bond donors (Lipinski definition) is 1. The van der Waals surface area contributed by atoms with Crippen molar-refractivity contribution >= 4 is 5.82 Å². The maximum atomic E-state index is 5.98. The van der Waals surface area contributed by atoms with E-state index < -0.39 is 0 Å². The summed E-state index contributed by atoms with van der Waals surface area (Å²) < 4.78 is 5.24. The molecular weight excluding hydrogens is 242 g/mol. The molecule has 98 valence electrons. The summed E-state index contributed by atoms with van der Waals surface area (Å²) in [5.74, 6) is 2.18. The van der Waals surface area contributed by atoms with Gasteiger partial charge >= 0.3 is 0 Å². The Kier molecular flexibility index (Phi) is 2.77. The van der Waals surface area contributed by atoms with Crippen LogP contribution in [0.1, 0.15) is 30.1 Å². The Morgan fingerprint density at radius 1 is 1.16 bits per heavy atom. The van der Waals surface area contributed by atoms with Crippen LogP contribution in [0.4, 0.5) is 5.82 Å². The van der Waals surface area contributed by atoms with Gasteiger partial charge in [-0.3, -0.25) is 0 Å². The van der Waals surface area contributed by atoms with Crippen LogP contribution in [0.5, 0.6) is 5.88 Å². The number of methoxy groups -OCH3 is 1. The number of nitrogens with zero attached hydrogens (tertiary/aromatic N) is 4. The zero-order valence-corrected chi connectivity index (χ0v) is 10.9. The van der Waals surface area contributed by atoms with E-state index in [1.807, 2.05) is 6.92 Å². The largest absolute Gasteiger partial charge is 0.479 e. The number of ether oxygens (including phenoxy) is 1. The number of aromatic nitrogens is 4. The van der Waals surface area contributed by atoms with Gasteiger partial charge in [0.25, 0.3) is 0 Å². The maximum Gasteiger partial charge on any atom is 0.241 e. The molecule has 0 amide bonds. The molecule has 0 atom stereocenters. The van der Waals surface area contributed by atoms with Gasteiger partial charge < -0.3 is 10.5 Å². The predicted octanol–water partition coefficient (Wildman–Crippen LogP) is 1.71. The Hall–Kier alpha value is -2.24. The highest BCUT2D eigenvalue weighted by Gasteiger charge is 2.28. The quantitative estimate of drug-likeness (QED) is 0.900. The number of hydrogen-bond acceptors (Lipinski definition) is 6. The van der Waals surface area contributed by atoms with E-state index >= 15 is 0 Å². The van der Waals surface area contributed by atoms with E-state index in [0.29, 0.717) is 29.0 Å². The Morgan fingerprint density at radius 2 is 1.89 bits per heavy atom. The van der Waals surface area contributed by atoms with Crippen LogP contribution in [0.3, 0.4) is 0 Å². The highest BCUT2D eigenvalue weighted by molar-refractivity contribution is 5.67. The Labute approximate surface area is 111 Å². The normalized spacial score (nSPS) is 14.4. The summed E-state index contributed by atoms with van der Waals surface area (Å²) in [4.78, 5) is 17.4. The summed E-state index contributed by atoms with van der Waals surface area (Å²) in [5, 5.41) is 0. The van der Waals surface area contributed by atoms with Crippen molar-refractivity contribution in [1.29, 1.82) is 0 Å². The summed E-state index contributed by atoms with van der Waals surface area (Å²) in [5.41, 5.74) is 8.10. The van der Waals surface area contributed by atoms with Crippen LogP contribution in [0.25, 0.3) is 11.4 Å². The minimum Gasteiger partial charge on any atom is -0.479 e. The second kappa shape index (κ2) is 4.46. The lowest BCUT2D eigenvalue weighted by atomic mass is 10.1. The molecule has 0 bridgehead atoms. The van der Waals surface area contributed by atoms with Crippen molar-refractivity contribution in [3.05, 3.63) is 23.8 Å². The van der Waals surface area contributed by atoms with Gasteiger partial charge in [0.1, 0.15) is 17.3 Å². The van der Waals surface area contributed by atoms with Crippen LogP contribution in [0, 0.1) is 6.92 Å². The molecule has 1 aliphatic rings. The Morgan fingerprint density at radius 3 is 2.58 bits per heavy atom. The van der Waals surface area contributed by atoms with E-state index in [-0.39, 0.29) is 0 Å². The van der Waals surface area contributed by atoms with Gasteiger partial charge in [-0.25, -0.2) is 19.9 Å². The molecule has 0 radical (unpaired) electrons. The highest BCUT2D eigenvalue weighted by atomic mass is 16.5. The summed E-state index contributed by atoms with van der Waals surface area (Å²) in [6, 6.07) is 0. The van der Waals surface area contributed by atoms with Crippen molar-refractivity contribution in [1.82, 2.24) is 19.9 Å². The lowest BCUT2D eigenvalue weighted by molar-refractivity contribution is 0.397. The molecule has 6 nitrogen and oxygen atoms in total. The van der Waals surface area contributed by atoms with Crippen LogP contribution in [-0.2, 0) is 0 Å². The van der Waals surface area contributed by atoms with Gasteiger partial charge in [0.2, 0.25) is 5.88 Å². The molecule has 0 saturated heterocycles. The maximum absolute atomic E-state index is 5.98. The number of nitrogen functional groups attached to an aromatic ring is 1. The lowest BCUT2D eigenvalue weighted by Gasteiger charge is -2.11. The third-order valence-corrected chi connectivity index (χ3v) is 3.23. The first-order valence-electron chi connectivity index (χ1n) is 6.20. The van der Waals surface area contributed by atoms with Gasteiger partial charge in [0.05, 0.1) is 7.11 Å². The molecule has 1 fully saturated rings. The number of nitrogens with two attached hydrogens (primary N) is 1. The van der Waals surface area contributed by atoms with Crippen molar-refractivity contribution in [2.75, 3.05) is 12.8 Å².